The van der Waals surface area contributed by atoms with Gasteiger partial charge >= 0.3 is 0 Å². The maximum Gasteiger partial charge on any atom is 0.248 e. The summed E-state index contributed by atoms with van der Waals surface area (Å²) in [6.07, 6.45) is 1.52. The Balaban J connectivity index is 1.68. The number of fused-ring (bicyclic) bond motifs is 1. The average Bonchev–Trinajstić information content (AvgIpc) is 2.72. The zero-order chi connectivity index (χ0) is 21.7. The molecule has 0 aliphatic carbocycles. The van der Waals surface area contributed by atoms with E-state index in [1.54, 1.807) is 23.1 Å². The van der Waals surface area contributed by atoms with Crippen LogP contribution in [-0.2, 0) is 29.0 Å². The standard InChI is InChI=1S/C24H29N3O3/c1-16(2)12-22(28)27-15-20-8-4-3-7-18(20)14-21(27)24(30)26-11-10-17-6-5-9-19(13-17)23(25)29/h3-9,13,16,21H,10-12,14-15H2,1-2H3,(H2,25,29)(H,26,30). The smallest absolute Gasteiger partial charge is 0.248 e. The van der Waals surface area contributed by atoms with Gasteiger partial charge in [0.2, 0.25) is 17.7 Å². The largest absolute Gasteiger partial charge is 0.366 e. The molecule has 6 heteroatoms. The highest BCUT2D eigenvalue weighted by molar-refractivity contribution is 5.93. The van der Waals surface area contributed by atoms with Crippen LogP contribution in [0.2, 0.25) is 0 Å². The van der Waals surface area contributed by atoms with E-state index in [-0.39, 0.29) is 17.7 Å². The molecule has 30 heavy (non-hydrogen) atoms. The van der Waals surface area contributed by atoms with Crippen LogP contribution in [0.15, 0.2) is 48.5 Å². The van der Waals surface area contributed by atoms with E-state index in [9.17, 15) is 14.4 Å². The van der Waals surface area contributed by atoms with Crippen LogP contribution in [0, 0.1) is 5.92 Å². The van der Waals surface area contributed by atoms with Gasteiger partial charge in [0.05, 0.1) is 0 Å². The van der Waals surface area contributed by atoms with E-state index >= 15 is 0 Å². The van der Waals surface area contributed by atoms with Crippen molar-refractivity contribution >= 4 is 17.7 Å². The Morgan fingerprint density at radius 1 is 1.10 bits per heavy atom. The summed E-state index contributed by atoms with van der Waals surface area (Å²) in [4.78, 5) is 38.9. The second kappa shape index (κ2) is 9.57. The number of carbonyl (C=O) groups is 3. The minimum Gasteiger partial charge on any atom is -0.366 e. The first-order chi connectivity index (χ1) is 14.3. The molecule has 1 aliphatic heterocycles. The fraction of sp³-hybridized carbons (Fsp3) is 0.375. The second-order valence-electron chi connectivity index (χ2n) is 8.21. The summed E-state index contributed by atoms with van der Waals surface area (Å²) >= 11 is 0. The molecule has 3 rings (SSSR count). The van der Waals surface area contributed by atoms with Gasteiger partial charge in [0.1, 0.15) is 6.04 Å². The van der Waals surface area contributed by atoms with Gasteiger partial charge in [-0.1, -0.05) is 50.2 Å². The summed E-state index contributed by atoms with van der Waals surface area (Å²) in [5, 5.41) is 2.97. The third-order valence-electron chi connectivity index (χ3n) is 5.38. The van der Waals surface area contributed by atoms with E-state index in [0.717, 1.165) is 16.7 Å². The Morgan fingerprint density at radius 3 is 2.53 bits per heavy atom. The average molecular weight is 408 g/mol. The molecule has 2 aromatic carbocycles. The maximum absolute atomic E-state index is 13.0. The number of rotatable bonds is 7. The van der Waals surface area contributed by atoms with Gasteiger partial charge in [-0.2, -0.15) is 0 Å². The molecule has 1 unspecified atom stereocenters. The van der Waals surface area contributed by atoms with Crippen LogP contribution in [0.3, 0.4) is 0 Å². The van der Waals surface area contributed by atoms with Crippen LogP contribution < -0.4 is 11.1 Å². The third kappa shape index (κ3) is 5.26. The summed E-state index contributed by atoms with van der Waals surface area (Å²) in [6, 6.07) is 14.5. The fourth-order valence-corrected chi connectivity index (χ4v) is 3.81. The molecule has 0 spiro atoms. The van der Waals surface area contributed by atoms with Crippen molar-refractivity contribution in [1.82, 2.24) is 10.2 Å². The zero-order valence-electron chi connectivity index (χ0n) is 17.6. The number of hydrogen-bond donors (Lipinski definition) is 2. The summed E-state index contributed by atoms with van der Waals surface area (Å²) < 4.78 is 0. The number of benzene rings is 2. The Bertz CT molecular complexity index is 939. The number of hydrogen-bond acceptors (Lipinski definition) is 3. The van der Waals surface area contributed by atoms with E-state index in [4.69, 9.17) is 5.73 Å². The molecule has 0 radical (unpaired) electrons. The number of nitrogens with zero attached hydrogens (tertiary/aromatic N) is 1. The molecule has 6 nitrogen and oxygen atoms in total. The normalized spacial score (nSPS) is 15.6. The van der Waals surface area contributed by atoms with Gasteiger partial charge < -0.3 is 16.0 Å². The van der Waals surface area contributed by atoms with E-state index in [1.165, 1.54) is 0 Å². The molecule has 0 bridgehead atoms. The maximum atomic E-state index is 13.0. The predicted molar refractivity (Wildman–Crippen MR) is 116 cm³/mol. The summed E-state index contributed by atoms with van der Waals surface area (Å²) in [5.41, 5.74) is 8.91. The Labute approximate surface area is 177 Å². The molecular formula is C24H29N3O3. The van der Waals surface area contributed by atoms with Crippen molar-refractivity contribution in [3.05, 3.63) is 70.8 Å². The predicted octanol–water partition coefficient (Wildman–Crippen LogP) is 2.44. The second-order valence-corrected chi connectivity index (χ2v) is 8.21. The van der Waals surface area contributed by atoms with Gasteiger partial charge in [-0.25, -0.2) is 0 Å². The number of carbonyl (C=O) groups excluding carboxylic acids is 3. The number of nitrogens with one attached hydrogen (secondary N) is 1. The highest BCUT2D eigenvalue weighted by Gasteiger charge is 2.34. The molecule has 158 valence electrons. The van der Waals surface area contributed by atoms with E-state index < -0.39 is 11.9 Å². The molecular weight excluding hydrogens is 378 g/mol. The van der Waals surface area contributed by atoms with Crippen LogP contribution in [0.4, 0.5) is 0 Å². The van der Waals surface area contributed by atoms with Gasteiger partial charge in [-0.15, -0.1) is 0 Å². The highest BCUT2D eigenvalue weighted by atomic mass is 16.2. The van der Waals surface area contributed by atoms with Gasteiger partial charge in [0, 0.05) is 31.5 Å². The van der Waals surface area contributed by atoms with Crippen molar-refractivity contribution in [2.45, 2.75) is 45.7 Å². The fourth-order valence-electron chi connectivity index (χ4n) is 3.81. The highest BCUT2D eigenvalue weighted by Crippen LogP contribution is 2.25. The van der Waals surface area contributed by atoms with Gasteiger partial charge in [0.15, 0.2) is 0 Å². The van der Waals surface area contributed by atoms with Crippen molar-refractivity contribution < 1.29 is 14.4 Å². The Morgan fingerprint density at radius 2 is 1.83 bits per heavy atom. The summed E-state index contributed by atoms with van der Waals surface area (Å²) in [6.45, 7) is 4.89. The van der Waals surface area contributed by atoms with Crippen molar-refractivity contribution in [2.24, 2.45) is 11.7 Å². The molecule has 1 aliphatic rings. The quantitative estimate of drug-likeness (QED) is 0.738. The molecule has 3 amide bonds. The topological polar surface area (TPSA) is 92.5 Å². The first-order valence-corrected chi connectivity index (χ1v) is 10.4. The van der Waals surface area contributed by atoms with Gasteiger partial charge in [-0.3, -0.25) is 14.4 Å². The lowest BCUT2D eigenvalue weighted by molar-refractivity contribution is -0.142. The van der Waals surface area contributed by atoms with E-state index in [2.05, 4.69) is 5.32 Å². The summed E-state index contributed by atoms with van der Waals surface area (Å²) in [5.74, 6) is -0.376. The zero-order valence-corrected chi connectivity index (χ0v) is 17.6. The Kier molecular flexibility index (Phi) is 6.87. The van der Waals surface area contributed by atoms with Crippen molar-refractivity contribution in [3.63, 3.8) is 0 Å². The Hall–Kier alpha value is -3.15. The van der Waals surface area contributed by atoms with Gasteiger partial charge in [0.25, 0.3) is 0 Å². The van der Waals surface area contributed by atoms with Crippen molar-refractivity contribution in [1.29, 1.82) is 0 Å². The monoisotopic (exact) mass is 407 g/mol. The minimum atomic E-state index is -0.511. The minimum absolute atomic E-state index is 0.00816. The van der Waals surface area contributed by atoms with Crippen molar-refractivity contribution in [3.8, 4) is 0 Å². The lowest BCUT2D eigenvalue weighted by Crippen LogP contribution is -2.53. The molecule has 0 fully saturated rings. The lowest BCUT2D eigenvalue weighted by atomic mass is 9.92. The van der Waals surface area contributed by atoms with Crippen LogP contribution in [-0.4, -0.2) is 35.2 Å². The first-order valence-electron chi connectivity index (χ1n) is 10.4. The molecule has 3 N–H and O–H groups in total. The number of nitrogens with two attached hydrogens (primary N) is 1. The molecule has 1 heterocycles. The SMILES string of the molecule is CC(C)CC(=O)N1Cc2ccccc2CC1C(=O)NCCc1cccc(C(N)=O)c1. The van der Waals surface area contributed by atoms with Crippen LogP contribution >= 0.6 is 0 Å². The first kappa shape index (κ1) is 21.6. The van der Waals surface area contributed by atoms with Crippen LogP contribution in [0.5, 0.6) is 0 Å². The molecule has 0 aromatic heterocycles. The molecule has 0 saturated carbocycles. The van der Waals surface area contributed by atoms with E-state index in [1.807, 2.05) is 44.2 Å². The third-order valence-corrected chi connectivity index (χ3v) is 5.38. The number of amides is 3. The van der Waals surface area contributed by atoms with Crippen molar-refractivity contribution in [2.75, 3.05) is 6.54 Å². The van der Waals surface area contributed by atoms with Crippen LogP contribution in [0.1, 0.15) is 47.3 Å². The molecule has 1 atom stereocenters. The molecule has 2 aromatic rings. The van der Waals surface area contributed by atoms with Gasteiger partial charge in [-0.05, 0) is 41.2 Å². The summed E-state index contributed by atoms with van der Waals surface area (Å²) in [7, 11) is 0. The van der Waals surface area contributed by atoms with Crippen LogP contribution in [0.25, 0.3) is 0 Å². The number of primary amides is 1. The van der Waals surface area contributed by atoms with E-state index in [0.29, 0.717) is 37.9 Å². The lowest BCUT2D eigenvalue weighted by Gasteiger charge is -2.36. The molecule has 0 saturated heterocycles.